The minimum absolute atomic E-state index is 0.0147. The Hall–Kier alpha value is -7.36. The van der Waals surface area contributed by atoms with Crippen molar-refractivity contribution in [2.45, 2.75) is 52.4 Å². The zero-order chi connectivity index (χ0) is 44.5. The highest BCUT2D eigenvalue weighted by molar-refractivity contribution is 7.00. The Kier molecular flexibility index (Phi) is 9.77. The third-order valence-electron chi connectivity index (χ3n) is 13.5. The van der Waals surface area contributed by atoms with Crippen molar-refractivity contribution in [1.82, 2.24) is 0 Å². The van der Waals surface area contributed by atoms with E-state index in [4.69, 9.17) is 0 Å². The molecular formula is C62H53BN2. The van der Waals surface area contributed by atoms with E-state index in [0.29, 0.717) is 0 Å². The van der Waals surface area contributed by atoms with Crippen LogP contribution in [0.3, 0.4) is 0 Å². The molecule has 2 aliphatic rings. The van der Waals surface area contributed by atoms with Crippen molar-refractivity contribution in [2.75, 3.05) is 9.80 Å². The molecule has 2 heterocycles. The molecule has 314 valence electrons. The summed E-state index contributed by atoms with van der Waals surface area (Å²) in [7, 11) is 0. The molecule has 0 spiro atoms. The molecule has 0 aliphatic carbocycles. The molecule has 9 aromatic carbocycles. The molecule has 65 heavy (non-hydrogen) atoms. The van der Waals surface area contributed by atoms with E-state index in [-0.39, 0.29) is 17.5 Å². The first-order valence-electron chi connectivity index (χ1n) is 23.1. The predicted octanol–water partition coefficient (Wildman–Crippen LogP) is 15.0. The van der Waals surface area contributed by atoms with E-state index >= 15 is 0 Å². The van der Waals surface area contributed by atoms with E-state index in [1.54, 1.807) is 0 Å². The molecule has 0 radical (unpaired) electrons. The summed E-state index contributed by atoms with van der Waals surface area (Å²) in [5.74, 6) is 0. The molecule has 0 aromatic heterocycles. The molecule has 0 amide bonds. The number of hydrogen-bond acceptors (Lipinski definition) is 2. The van der Waals surface area contributed by atoms with Crippen molar-refractivity contribution in [1.29, 1.82) is 0 Å². The van der Waals surface area contributed by atoms with Crippen molar-refractivity contribution in [2.24, 2.45) is 0 Å². The average molecular weight is 837 g/mol. The van der Waals surface area contributed by atoms with Gasteiger partial charge in [0, 0.05) is 34.1 Å². The third-order valence-corrected chi connectivity index (χ3v) is 13.5. The summed E-state index contributed by atoms with van der Waals surface area (Å²) in [6.07, 6.45) is 0. The van der Waals surface area contributed by atoms with E-state index in [1.807, 2.05) is 0 Å². The van der Waals surface area contributed by atoms with Crippen LogP contribution >= 0.6 is 0 Å². The predicted molar refractivity (Wildman–Crippen MR) is 280 cm³/mol. The van der Waals surface area contributed by atoms with Crippen molar-refractivity contribution in [3.8, 4) is 44.5 Å². The molecule has 0 fully saturated rings. The van der Waals surface area contributed by atoms with Crippen LogP contribution in [0.1, 0.15) is 52.7 Å². The Balaban J connectivity index is 1.21. The minimum atomic E-state index is -0.101. The normalized spacial score (nSPS) is 13.0. The van der Waals surface area contributed by atoms with Crippen molar-refractivity contribution in [3.63, 3.8) is 0 Å². The number of rotatable bonds is 6. The Morgan fingerprint density at radius 3 is 1.03 bits per heavy atom. The quantitative estimate of drug-likeness (QED) is 0.154. The van der Waals surface area contributed by atoms with Gasteiger partial charge >= 0.3 is 0 Å². The van der Waals surface area contributed by atoms with Crippen LogP contribution in [-0.4, -0.2) is 6.71 Å². The first-order chi connectivity index (χ1) is 31.6. The van der Waals surface area contributed by atoms with Crippen molar-refractivity contribution >= 4 is 57.2 Å². The molecule has 9 aromatic rings. The van der Waals surface area contributed by atoms with E-state index in [2.05, 4.69) is 264 Å². The van der Waals surface area contributed by atoms with Crippen LogP contribution < -0.4 is 26.2 Å². The van der Waals surface area contributed by atoms with Crippen LogP contribution in [0.2, 0.25) is 0 Å². The van der Waals surface area contributed by atoms with Gasteiger partial charge in [0.15, 0.2) is 0 Å². The largest absolute Gasteiger partial charge is 0.311 e. The molecule has 0 N–H and O–H groups in total. The lowest BCUT2D eigenvalue weighted by molar-refractivity contribution is 0.591. The summed E-state index contributed by atoms with van der Waals surface area (Å²) in [4.78, 5) is 5.17. The first-order valence-corrected chi connectivity index (χ1v) is 23.1. The van der Waals surface area contributed by atoms with Gasteiger partial charge in [-0.25, -0.2) is 0 Å². The fraction of sp³-hybridized carbons (Fsp3) is 0.129. The number of hydrogen-bond donors (Lipinski definition) is 0. The van der Waals surface area contributed by atoms with Crippen LogP contribution in [0.5, 0.6) is 0 Å². The number of nitrogens with zero attached hydrogens (tertiary/aromatic N) is 2. The van der Waals surface area contributed by atoms with Gasteiger partial charge in [0.2, 0.25) is 0 Å². The second kappa shape index (κ2) is 15.7. The van der Waals surface area contributed by atoms with Crippen molar-refractivity contribution < 1.29 is 0 Å². The number of para-hydroxylation sites is 2. The standard InChI is InChI=1S/C62H53BN2/c1-61(2,3)50-30-17-19-32-54(50)64-56-34-21-35-57-60(56)63(52-38-36-44(40-58(52)64)48-28-15-13-26-46(48)42-22-9-7-10-23-42)53-39-37-45(49-29-16-14-27-47(49)43-24-11-8-12-25-43)41-59(53)65(57)55-33-20-18-31-51(55)62(4,5)6/h7-41H,1-6H3. The monoisotopic (exact) mass is 836 g/mol. The van der Waals surface area contributed by atoms with Crippen LogP contribution in [0.4, 0.5) is 34.1 Å². The lowest BCUT2D eigenvalue weighted by atomic mass is 9.33. The van der Waals surface area contributed by atoms with Crippen LogP contribution in [-0.2, 0) is 10.8 Å². The van der Waals surface area contributed by atoms with Gasteiger partial charge in [0.25, 0.3) is 6.71 Å². The van der Waals surface area contributed by atoms with Crippen molar-refractivity contribution in [3.05, 3.63) is 223 Å². The summed E-state index contributed by atoms with van der Waals surface area (Å²) < 4.78 is 0. The average Bonchev–Trinajstić information content (AvgIpc) is 3.33. The number of anilines is 6. The molecule has 0 unspecified atom stereocenters. The fourth-order valence-corrected chi connectivity index (χ4v) is 10.6. The molecule has 0 saturated heterocycles. The topological polar surface area (TPSA) is 6.48 Å². The van der Waals surface area contributed by atoms with Crippen LogP contribution in [0, 0.1) is 0 Å². The molecular weight excluding hydrogens is 784 g/mol. The third kappa shape index (κ3) is 6.89. The summed E-state index contributed by atoms with van der Waals surface area (Å²) in [6, 6.07) is 79.0. The zero-order valence-electron chi connectivity index (χ0n) is 38.2. The summed E-state index contributed by atoms with van der Waals surface area (Å²) in [5, 5.41) is 0. The van der Waals surface area contributed by atoms with Crippen LogP contribution in [0.15, 0.2) is 212 Å². The molecule has 11 rings (SSSR count). The van der Waals surface area contributed by atoms with Crippen LogP contribution in [0.25, 0.3) is 44.5 Å². The first kappa shape index (κ1) is 40.4. The van der Waals surface area contributed by atoms with E-state index in [0.717, 1.165) is 0 Å². The van der Waals surface area contributed by atoms with E-state index in [1.165, 1.54) is 106 Å². The Morgan fingerprint density at radius 1 is 0.292 bits per heavy atom. The highest BCUT2D eigenvalue weighted by Gasteiger charge is 2.44. The van der Waals surface area contributed by atoms with Gasteiger partial charge in [0.1, 0.15) is 0 Å². The Labute approximate surface area is 385 Å². The van der Waals surface area contributed by atoms with Gasteiger partial charge in [-0.3, -0.25) is 0 Å². The van der Waals surface area contributed by atoms with Gasteiger partial charge in [0.05, 0.1) is 0 Å². The molecule has 0 atom stereocenters. The smallest absolute Gasteiger partial charge is 0.252 e. The SMILES string of the molecule is CC(C)(C)c1ccccc1N1c2cc(-c3ccccc3-c3ccccc3)ccc2B2c3ccc(-c4ccccc4-c4ccccc4)cc3N(c3ccccc3C(C)(C)C)c3cccc1c32. The molecule has 3 heteroatoms. The molecule has 2 aliphatic heterocycles. The second-order valence-electron chi connectivity index (χ2n) is 19.7. The minimum Gasteiger partial charge on any atom is -0.311 e. The van der Waals surface area contributed by atoms with Gasteiger partial charge in [-0.15, -0.1) is 0 Å². The summed E-state index contributed by atoms with van der Waals surface area (Å²) >= 11 is 0. The summed E-state index contributed by atoms with van der Waals surface area (Å²) in [5.41, 5.74) is 23.4. The maximum atomic E-state index is 2.59. The fourth-order valence-electron chi connectivity index (χ4n) is 10.6. The Bertz CT molecular complexity index is 3030. The molecule has 0 bridgehead atoms. The lowest BCUT2D eigenvalue weighted by Gasteiger charge is -2.45. The van der Waals surface area contributed by atoms with E-state index < -0.39 is 0 Å². The summed E-state index contributed by atoms with van der Waals surface area (Å²) in [6.45, 7) is 14.0. The highest BCUT2D eigenvalue weighted by Crippen LogP contribution is 2.49. The highest BCUT2D eigenvalue weighted by atomic mass is 15.2. The lowest BCUT2D eigenvalue weighted by Crippen LogP contribution is -2.61. The maximum absolute atomic E-state index is 2.59. The zero-order valence-corrected chi connectivity index (χ0v) is 38.2. The van der Waals surface area contributed by atoms with Gasteiger partial charge in [-0.1, -0.05) is 217 Å². The van der Waals surface area contributed by atoms with E-state index in [9.17, 15) is 0 Å². The number of fused-ring (bicyclic) bond motifs is 4. The number of benzene rings is 9. The van der Waals surface area contributed by atoms with Gasteiger partial charge in [-0.2, -0.15) is 0 Å². The molecule has 2 nitrogen and oxygen atoms in total. The second-order valence-corrected chi connectivity index (χ2v) is 19.7. The Morgan fingerprint density at radius 2 is 0.631 bits per heavy atom. The van der Waals surface area contributed by atoms with Gasteiger partial charge < -0.3 is 9.80 Å². The molecule has 0 saturated carbocycles. The maximum Gasteiger partial charge on any atom is 0.252 e. The van der Waals surface area contributed by atoms with Gasteiger partial charge in [-0.05, 0) is 119 Å².